The van der Waals surface area contributed by atoms with Gasteiger partial charge < -0.3 is 5.73 Å². The molecule has 0 saturated carbocycles. The molecule has 4 nitrogen and oxygen atoms in total. The number of aromatic nitrogens is 2. The summed E-state index contributed by atoms with van der Waals surface area (Å²) >= 11 is 0. The first-order valence-electron chi connectivity index (χ1n) is 5.34. The predicted octanol–water partition coefficient (Wildman–Crippen LogP) is 1.46. The Hall–Kier alpha value is -1.16. The molecule has 1 heterocycles. The highest BCUT2D eigenvalue weighted by Gasteiger charge is 2.31. The van der Waals surface area contributed by atoms with Crippen LogP contribution in [0.15, 0.2) is 12.4 Å². The van der Waals surface area contributed by atoms with Gasteiger partial charge in [0.25, 0.3) is 0 Å². The molecule has 0 aromatic carbocycles. The van der Waals surface area contributed by atoms with Crippen molar-refractivity contribution in [2.75, 3.05) is 6.54 Å². The minimum atomic E-state index is -0.457. The van der Waals surface area contributed by atoms with Gasteiger partial charge in [-0.1, -0.05) is 13.8 Å². The Morgan fingerprint density at radius 2 is 2.27 bits per heavy atom. The molecule has 1 rings (SSSR count). The summed E-state index contributed by atoms with van der Waals surface area (Å²) < 4.78 is 1.75. The first-order chi connectivity index (χ1) is 7.07. The van der Waals surface area contributed by atoms with Crippen molar-refractivity contribution in [2.45, 2.75) is 33.7 Å². The van der Waals surface area contributed by atoms with Crippen LogP contribution in [0, 0.1) is 5.41 Å². The van der Waals surface area contributed by atoms with Gasteiger partial charge >= 0.3 is 0 Å². The first kappa shape index (κ1) is 11.9. The van der Waals surface area contributed by atoms with Crippen molar-refractivity contribution in [3.05, 3.63) is 18.0 Å². The third kappa shape index (κ3) is 2.26. The zero-order chi connectivity index (χ0) is 11.5. The van der Waals surface area contributed by atoms with Gasteiger partial charge in [-0.15, -0.1) is 0 Å². The monoisotopic (exact) mass is 209 g/mol. The van der Waals surface area contributed by atoms with Gasteiger partial charge in [0.15, 0.2) is 5.78 Å². The number of aryl methyl sites for hydroxylation is 1. The highest BCUT2D eigenvalue weighted by molar-refractivity contribution is 6.00. The molecule has 15 heavy (non-hydrogen) atoms. The van der Waals surface area contributed by atoms with Crippen LogP contribution in [0.5, 0.6) is 0 Å². The van der Waals surface area contributed by atoms with Gasteiger partial charge in [-0.2, -0.15) is 5.10 Å². The average molecular weight is 209 g/mol. The summed E-state index contributed by atoms with van der Waals surface area (Å²) in [5.41, 5.74) is 5.85. The zero-order valence-electron chi connectivity index (χ0n) is 9.66. The Kier molecular flexibility index (Phi) is 3.63. The van der Waals surface area contributed by atoms with E-state index in [9.17, 15) is 4.79 Å². The summed E-state index contributed by atoms with van der Waals surface area (Å²) in [6.07, 6.45) is 4.15. The van der Waals surface area contributed by atoms with Crippen molar-refractivity contribution in [3.8, 4) is 0 Å². The zero-order valence-corrected chi connectivity index (χ0v) is 9.66. The number of nitrogens with two attached hydrogens (primary N) is 1. The number of Topliss-reactive ketones (excluding diaryl/α,β-unsaturated/α-hetero) is 1. The Labute approximate surface area is 90.5 Å². The second-order valence-corrected chi connectivity index (χ2v) is 4.03. The van der Waals surface area contributed by atoms with E-state index < -0.39 is 5.41 Å². The van der Waals surface area contributed by atoms with E-state index in [1.54, 1.807) is 17.1 Å². The molecule has 0 saturated heterocycles. The number of nitrogens with zero attached hydrogens (tertiary/aromatic N) is 2. The summed E-state index contributed by atoms with van der Waals surface area (Å²) in [6, 6.07) is 0. The molecule has 4 heteroatoms. The molecule has 0 bridgehead atoms. The van der Waals surface area contributed by atoms with Crippen molar-refractivity contribution in [1.82, 2.24) is 9.78 Å². The van der Waals surface area contributed by atoms with Gasteiger partial charge in [-0.25, -0.2) is 0 Å². The van der Waals surface area contributed by atoms with Crippen LogP contribution in [-0.4, -0.2) is 22.1 Å². The molecule has 84 valence electrons. The maximum Gasteiger partial charge on any atom is 0.173 e. The van der Waals surface area contributed by atoms with E-state index in [2.05, 4.69) is 5.10 Å². The topological polar surface area (TPSA) is 60.9 Å². The molecule has 0 spiro atoms. The molecule has 1 aromatic rings. The fraction of sp³-hybridized carbons (Fsp3) is 0.636. The number of carbonyl (C=O) groups is 1. The molecule has 2 N–H and O–H groups in total. The van der Waals surface area contributed by atoms with Crippen LogP contribution in [0.3, 0.4) is 0 Å². The minimum Gasteiger partial charge on any atom is -0.329 e. The van der Waals surface area contributed by atoms with E-state index in [0.717, 1.165) is 13.0 Å². The summed E-state index contributed by atoms with van der Waals surface area (Å²) in [6.45, 7) is 7.02. The fourth-order valence-electron chi connectivity index (χ4n) is 1.40. The third-order valence-electron chi connectivity index (χ3n) is 3.00. The summed E-state index contributed by atoms with van der Waals surface area (Å²) in [4.78, 5) is 12.1. The van der Waals surface area contributed by atoms with E-state index in [1.165, 1.54) is 0 Å². The fourth-order valence-corrected chi connectivity index (χ4v) is 1.40. The van der Waals surface area contributed by atoms with Gasteiger partial charge in [0.05, 0.1) is 11.8 Å². The Morgan fingerprint density at radius 3 is 2.67 bits per heavy atom. The van der Waals surface area contributed by atoms with Gasteiger partial charge in [-0.3, -0.25) is 9.48 Å². The number of carbonyl (C=O) groups excluding carboxylic acids is 1. The van der Waals surface area contributed by atoms with Crippen LogP contribution in [0.2, 0.25) is 0 Å². The van der Waals surface area contributed by atoms with Gasteiger partial charge in [0.1, 0.15) is 0 Å². The number of hydrogen-bond acceptors (Lipinski definition) is 3. The number of ketones is 1. The lowest BCUT2D eigenvalue weighted by Gasteiger charge is -2.23. The lowest BCUT2D eigenvalue weighted by atomic mass is 9.81. The van der Waals surface area contributed by atoms with Crippen LogP contribution >= 0.6 is 0 Å². The molecule has 0 aliphatic rings. The highest BCUT2D eigenvalue weighted by Crippen LogP contribution is 2.24. The third-order valence-corrected chi connectivity index (χ3v) is 3.00. The first-order valence-corrected chi connectivity index (χ1v) is 5.34. The van der Waals surface area contributed by atoms with E-state index in [1.807, 2.05) is 20.8 Å². The van der Waals surface area contributed by atoms with E-state index in [-0.39, 0.29) is 5.78 Å². The van der Waals surface area contributed by atoms with E-state index in [4.69, 9.17) is 5.73 Å². The van der Waals surface area contributed by atoms with Crippen LogP contribution in [0.1, 0.15) is 37.6 Å². The second kappa shape index (κ2) is 4.57. The van der Waals surface area contributed by atoms with Gasteiger partial charge in [0.2, 0.25) is 0 Å². The summed E-state index contributed by atoms with van der Waals surface area (Å²) in [5, 5.41) is 4.09. The van der Waals surface area contributed by atoms with Crippen molar-refractivity contribution in [2.24, 2.45) is 11.1 Å². The normalized spacial score (nSPS) is 14.9. The highest BCUT2D eigenvalue weighted by atomic mass is 16.1. The Morgan fingerprint density at radius 1 is 1.60 bits per heavy atom. The lowest BCUT2D eigenvalue weighted by Crippen LogP contribution is -2.35. The Balaban J connectivity index is 2.93. The largest absolute Gasteiger partial charge is 0.329 e. The SMILES string of the molecule is CCn1cc(C(=O)C(C)(CC)CN)cn1. The van der Waals surface area contributed by atoms with Crippen LogP contribution in [0.25, 0.3) is 0 Å². The molecule has 0 amide bonds. The molecule has 0 fully saturated rings. The van der Waals surface area contributed by atoms with Crippen LogP contribution in [0.4, 0.5) is 0 Å². The summed E-state index contributed by atoms with van der Waals surface area (Å²) in [7, 11) is 0. The molecule has 0 aliphatic heterocycles. The minimum absolute atomic E-state index is 0.0900. The maximum atomic E-state index is 12.1. The predicted molar refractivity (Wildman–Crippen MR) is 59.7 cm³/mol. The quantitative estimate of drug-likeness (QED) is 0.747. The van der Waals surface area contributed by atoms with Gasteiger partial charge in [-0.05, 0) is 13.3 Å². The van der Waals surface area contributed by atoms with Crippen molar-refractivity contribution in [3.63, 3.8) is 0 Å². The van der Waals surface area contributed by atoms with Crippen LogP contribution in [-0.2, 0) is 6.54 Å². The van der Waals surface area contributed by atoms with E-state index >= 15 is 0 Å². The molecule has 1 atom stereocenters. The molecule has 1 unspecified atom stereocenters. The van der Waals surface area contributed by atoms with Crippen molar-refractivity contribution < 1.29 is 4.79 Å². The molecule has 0 radical (unpaired) electrons. The average Bonchev–Trinajstić information content (AvgIpc) is 2.75. The molecular formula is C11H19N3O. The lowest BCUT2D eigenvalue weighted by molar-refractivity contribution is 0.0820. The standard InChI is InChI=1S/C11H19N3O/c1-4-11(3,8-12)10(15)9-6-13-14(5-2)7-9/h6-7H,4-5,8,12H2,1-3H3. The molecule has 1 aromatic heterocycles. The maximum absolute atomic E-state index is 12.1. The van der Waals surface area contributed by atoms with Crippen molar-refractivity contribution >= 4 is 5.78 Å². The van der Waals surface area contributed by atoms with E-state index in [0.29, 0.717) is 12.1 Å². The number of rotatable bonds is 5. The van der Waals surface area contributed by atoms with Gasteiger partial charge in [0, 0.05) is 24.7 Å². The molecule has 0 aliphatic carbocycles. The van der Waals surface area contributed by atoms with Crippen LogP contribution < -0.4 is 5.73 Å². The number of hydrogen-bond donors (Lipinski definition) is 1. The molecular weight excluding hydrogens is 190 g/mol. The van der Waals surface area contributed by atoms with Crippen molar-refractivity contribution in [1.29, 1.82) is 0 Å². The smallest absolute Gasteiger partial charge is 0.173 e. The Bertz CT molecular complexity index is 339. The second-order valence-electron chi connectivity index (χ2n) is 4.03. The summed E-state index contributed by atoms with van der Waals surface area (Å²) in [5.74, 6) is 0.0900.